The first-order valence-corrected chi connectivity index (χ1v) is 4.18. The molecule has 2 atom stereocenters. The van der Waals surface area contributed by atoms with Crippen molar-refractivity contribution in [1.29, 1.82) is 0 Å². The average Bonchev–Trinajstić information content (AvgIpc) is 2.39. The first-order chi connectivity index (χ1) is 5.22. The lowest BCUT2D eigenvalue weighted by atomic mass is 10.0. The molecule has 1 aliphatic rings. The van der Waals surface area contributed by atoms with Crippen molar-refractivity contribution in [3.63, 3.8) is 0 Å². The van der Waals surface area contributed by atoms with E-state index in [1.54, 1.807) is 0 Å². The predicted molar refractivity (Wildman–Crippen MR) is 44.6 cm³/mol. The Kier molecular flexibility index (Phi) is 4.86. The Bertz CT molecular complexity index is 125. The summed E-state index contributed by atoms with van der Waals surface area (Å²) in [5.41, 5.74) is 0. The number of rotatable bonds is 1. The molecule has 1 rings (SSSR count). The summed E-state index contributed by atoms with van der Waals surface area (Å²) >= 11 is 0. The SMILES string of the molecule is CC.CC1CCNC1C(=O)O. The van der Waals surface area contributed by atoms with E-state index in [0.29, 0.717) is 5.92 Å². The summed E-state index contributed by atoms with van der Waals surface area (Å²) in [7, 11) is 0. The summed E-state index contributed by atoms with van der Waals surface area (Å²) in [5.74, 6) is -0.428. The van der Waals surface area contributed by atoms with Crippen LogP contribution in [0.25, 0.3) is 0 Å². The van der Waals surface area contributed by atoms with Gasteiger partial charge in [0, 0.05) is 0 Å². The van der Waals surface area contributed by atoms with E-state index < -0.39 is 5.97 Å². The predicted octanol–water partition coefficient (Wildman–Crippen LogP) is 1.10. The van der Waals surface area contributed by atoms with Crippen molar-refractivity contribution < 1.29 is 9.90 Å². The van der Waals surface area contributed by atoms with Crippen molar-refractivity contribution in [2.24, 2.45) is 5.92 Å². The van der Waals surface area contributed by atoms with Crippen LogP contribution in [0.3, 0.4) is 0 Å². The van der Waals surface area contributed by atoms with E-state index in [1.807, 2.05) is 20.8 Å². The maximum atomic E-state index is 10.3. The maximum Gasteiger partial charge on any atom is 0.320 e. The van der Waals surface area contributed by atoms with E-state index in [2.05, 4.69) is 5.32 Å². The highest BCUT2D eigenvalue weighted by atomic mass is 16.4. The van der Waals surface area contributed by atoms with Crippen LogP contribution in [0, 0.1) is 5.92 Å². The number of carboxylic acid groups (broad SMARTS) is 1. The fourth-order valence-corrected chi connectivity index (χ4v) is 1.17. The highest BCUT2D eigenvalue weighted by Gasteiger charge is 2.28. The second-order valence-electron chi connectivity index (χ2n) is 2.54. The summed E-state index contributed by atoms with van der Waals surface area (Å²) in [6.45, 7) is 6.80. The number of carbonyl (C=O) groups is 1. The summed E-state index contributed by atoms with van der Waals surface area (Å²) in [6.07, 6.45) is 0.983. The zero-order chi connectivity index (χ0) is 8.85. The molecule has 3 nitrogen and oxygen atoms in total. The number of hydrogen-bond donors (Lipinski definition) is 2. The molecule has 1 saturated heterocycles. The Morgan fingerprint density at radius 1 is 1.55 bits per heavy atom. The molecule has 0 spiro atoms. The average molecular weight is 159 g/mol. The van der Waals surface area contributed by atoms with Crippen molar-refractivity contribution in [3.05, 3.63) is 0 Å². The molecule has 1 fully saturated rings. The van der Waals surface area contributed by atoms with Crippen LogP contribution in [0.1, 0.15) is 27.2 Å². The molecule has 1 aliphatic heterocycles. The van der Waals surface area contributed by atoms with Gasteiger partial charge >= 0.3 is 5.97 Å². The van der Waals surface area contributed by atoms with Crippen molar-refractivity contribution >= 4 is 5.97 Å². The zero-order valence-electron chi connectivity index (χ0n) is 7.42. The Morgan fingerprint density at radius 2 is 2.09 bits per heavy atom. The lowest BCUT2D eigenvalue weighted by Gasteiger charge is -2.07. The largest absolute Gasteiger partial charge is 0.480 e. The van der Waals surface area contributed by atoms with E-state index >= 15 is 0 Å². The third kappa shape index (κ3) is 2.89. The molecule has 1 heterocycles. The number of carboxylic acids is 1. The van der Waals surface area contributed by atoms with Gasteiger partial charge in [0.05, 0.1) is 0 Å². The molecule has 11 heavy (non-hydrogen) atoms. The van der Waals surface area contributed by atoms with Crippen LogP contribution in [0.4, 0.5) is 0 Å². The third-order valence-electron chi connectivity index (χ3n) is 1.80. The maximum absolute atomic E-state index is 10.3. The van der Waals surface area contributed by atoms with Crippen LogP contribution in [0.2, 0.25) is 0 Å². The highest BCUT2D eigenvalue weighted by Crippen LogP contribution is 2.13. The summed E-state index contributed by atoms with van der Waals surface area (Å²) < 4.78 is 0. The van der Waals surface area contributed by atoms with Gasteiger partial charge in [-0.3, -0.25) is 4.79 Å². The molecular weight excluding hydrogens is 142 g/mol. The van der Waals surface area contributed by atoms with Gasteiger partial charge < -0.3 is 10.4 Å². The van der Waals surface area contributed by atoms with Gasteiger partial charge in [-0.15, -0.1) is 0 Å². The van der Waals surface area contributed by atoms with Crippen molar-refractivity contribution in [1.82, 2.24) is 5.32 Å². The Hall–Kier alpha value is -0.570. The van der Waals surface area contributed by atoms with Gasteiger partial charge in [-0.05, 0) is 18.9 Å². The molecule has 0 aromatic rings. The second kappa shape index (κ2) is 5.13. The van der Waals surface area contributed by atoms with E-state index in [1.165, 1.54) is 0 Å². The molecule has 66 valence electrons. The topological polar surface area (TPSA) is 49.3 Å². The van der Waals surface area contributed by atoms with Crippen molar-refractivity contribution in [2.75, 3.05) is 6.54 Å². The van der Waals surface area contributed by atoms with Crippen molar-refractivity contribution in [3.8, 4) is 0 Å². The summed E-state index contributed by atoms with van der Waals surface area (Å²) in [4.78, 5) is 10.3. The molecule has 0 saturated carbocycles. The molecular formula is C8H17NO2. The number of nitrogens with one attached hydrogen (secondary N) is 1. The minimum Gasteiger partial charge on any atom is -0.480 e. The normalized spacial score (nSPS) is 29.0. The molecule has 0 aromatic carbocycles. The Morgan fingerprint density at radius 3 is 2.27 bits per heavy atom. The zero-order valence-corrected chi connectivity index (χ0v) is 7.42. The molecule has 0 aliphatic carbocycles. The van der Waals surface area contributed by atoms with Gasteiger partial charge in [-0.2, -0.15) is 0 Å². The monoisotopic (exact) mass is 159 g/mol. The quantitative estimate of drug-likeness (QED) is 0.602. The first kappa shape index (κ1) is 10.4. The minimum atomic E-state index is -0.722. The van der Waals surface area contributed by atoms with Crippen molar-refractivity contribution in [2.45, 2.75) is 33.2 Å². The summed E-state index contributed by atoms with van der Waals surface area (Å²) in [6, 6.07) is -0.301. The molecule has 0 radical (unpaired) electrons. The van der Waals surface area contributed by atoms with Crippen LogP contribution in [-0.2, 0) is 4.79 Å². The Labute approximate surface area is 67.8 Å². The Balaban J connectivity index is 0.000000461. The fraction of sp³-hybridized carbons (Fsp3) is 0.875. The van der Waals surface area contributed by atoms with E-state index in [9.17, 15) is 4.79 Å². The molecule has 0 amide bonds. The van der Waals surface area contributed by atoms with E-state index in [4.69, 9.17) is 5.11 Å². The van der Waals surface area contributed by atoms with Crippen LogP contribution in [0.15, 0.2) is 0 Å². The second-order valence-corrected chi connectivity index (χ2v) is 2.54. The van der Waals surface area contributed by atoms with Gasteiger partial charge in [-0.25, -0.2) is 0 Å². The highest BCUT2D eigenvalue weighted by molar-refractivity contribution is 5.74. The molecule has 3 heteroatoms. The third-order valence-corrected chi connectivity index (χ3v) is 1.80. The molecule has 0 aromatic heterocycles. The van der Waals surface area contributed by atoms with Crippen LogP contribution < -0.4 is 5.32 Å². The number of hydrogen-bond acceptors (Lipinski definition) is 2. The van der Waals surface area contributed by atoms with Gasteiger partial charge in [0.25, 0.3) is 0 Å². The first-order valence-electron chi connectivity index (χ1n) is 4.18. The molecule has 2 unspecified atom stereocenters. The van der Waals surface area contributed by atoms with Gasteiger partial charge in [0.1, 0.15) is 6.04 Å². The van der Waals surface area contributed by atoms with Crippen LogP contribution >= 0.6 is 0 Å². The van der Waals surface area contributed by atoms with Gasteiger partial charge in [0.2, 0.25) is 0 Å². The van der Waals surface area contributed by atoms with E-state index in [-0.39, 0.29) is 6.04 Å². The molecule has 0 bridgehead atoms. The number of aliphatic carboxylic acids is 1. The fourth-order valence-electron chi connectivity index (χ4n) is 1.17. The summed E-state index contributed by atoms with van der Waals surface area (Å²) in [5, 5.41) is 11.4. The van der Waals surface area contributed by atoms with Crippen LogP contribution in [-0.4, -0.2) is 23.7 Å². The lowest BCUT2D eigenvalue weighted by molar-refractivity contribution is -0.139. The molecule has 2 N–H and O–H groups in total. The minimum absolute atomic E-state index is 0.294. The standard InChI is InChI=1S/C6H11NO2.C2H6/c1-4-2-3-7-5(4)6(8)9;1-2/h4-5,7H,2-3H2,1H3,(H,8,9);1-2H3. The smallest absolute Gasteiger partial charge is 0.320 e. The van der Waals surface area contributed by atoms with Crippen LogP contribution in [0.5, 0.6) is 0 Å². The lowest BCUT2D eigenvalue weighted by Crippen LogP contribution is -2.34. The van der Waals surface area contributed by atoms with E-state index in [0.717, 1.165) is 13.0 Å². The van der Waals surface area contributed by atoms with Gasteiger partial charge in [0.15, 0.2) is 0 Å². The van der Waals surface area contributed by atoms with Gasteiger partial charge in [-0.1, -0.05) is 20.8 Å².